The molecule has 1 heterocycles. The van der Waals surface area contributed by atoms with E-state index in [1.54, 1.807) is 13.0 Å². The van der Waals surface area contributed by atoms with Gasteiger partial charge >= 0.3 is 5.97 Å². The summed E-state index contributed by atoms with van der Waals surface area (Å²) in [5.41, 5.74) is 3.72. The van der Waals surface area contributed by atoms with Gasteiger partial charge in [0.1, 0.15) is 23.2 Å². The van der Waals surface area contributed by atoms with Crippen molar-refractivity contribution < 1.29 is 23.5 Å². The Bertz CT molecular complexity index is 1320. The predicted molar refractivity (Wildman–Crippen MR) is 131 cm³/mol. The van der Waals surface area contributed by atoms with Crippen LogP contribution in [0, 0.1) is 37.9 Å². The lowest BCUT2D eigenvalue weighted by Gasteiger charge is -2.11. The number of aromatic nitrogens is 1. The van der Waals surface area contributed by atoms with Crippen molar-refractivity contribution in [3.05, 3.63) is 82.4 Å². The second-order valence-corrected chi connectivity index (χ2v) is 7.87. The van der Waals surface area contributed by atoms with Gasteiger partial charge in [-0.1, -0.05) is 6.07 Å². The van der Waals surface area contributed by atoms with E-state index in [0.717, 1.165) is 22.8 Å². The van der Waals surface area contributed by atoms with E-state index in [2.05, 4.69) is 5.32 Å². The second kappa shape index (κ2) is 11.2. The molecule has 0 aliphatic rings. The van der Waals surface area contributed by atoms with E-state index in [0.29, 0.717) is 17.7 Å². The van der Waals surface area contributed by atoms with E-state index in [4.69, 9.17) is 9.47 Å². The summed E-state index contributed by atoms with van der Waals surface area (Å²) in [5.74, 6) is -1.49. The first-order chi connectivity index (χ1) is 16.7. The van der Waals surface area contributed by atoms with Crippen molar-refractivity contribution in [3.63, 3.8) is 0 Å². The van der Waals surface area contributed by atoms with E-state index in [9.17, 15) is 19.2 Å². The van der Waals surface area contributed by atoms with Crippen LogP contribution in [0.3, 0.4) is 0 Å². The van der Waals surface area contributed by atoms with Crippen LogP contribution in [0.15, 0.2) is 54.1 Å². The molecular formula is C27H26FN3O4. The molecule has 2 aromatic carbocycles. The summed E-state index contributed by atoms with van der Waals surface area (Å²) in [4.78, 5) is 24.5. The fourth-order valence-electron chi connectivity index (χ4n) is 3.60. The smallest absolute Gasteiger partial charge is 0.349 e. The summed E-state index contributed by atoms with van der Waals surface area (Å²) in [6.45, 7) is 7.35. The van der Waals surface area contributed by atoms with Crippen LogP contribution in [0.4, 0.5) is 10.1 Å². The lowest BCUT2D eigenvalue weighted by molar-refractivity contribution is -0.142. The molecule has 0 atom stereocenters. The third-order valence-electron chi connectivity index (χ3n) is 5.25. The topological polar surface area (TPSA) is 93.3 Å². The molecule has 7 nitrogen and oxygen atoms in total. The Morgan fingerprint density at radius 3 is 2.46 bits per heavy atom. The highest BCUT2D eigenvalue weighted by Gasteiger charge is 2.17. The number of hydrogen-bond donors (Lipinski definition) is 1. The highest BCUT2D eigenvalue weighted by atomic mass is 19.1. The van der Waals surface area contributed by atoms with Gasteiger partial charge in [-0.05, 0) is 87.4 Å². The van der Waals surface area contributed by atoms with Crippen LogP contribution < -0.4 is 10.1 Å². The van der Waals surface area contributed by atoms with Gasteiger partial charge in [-0.3, -0.25) is 4.79 Å². The highest BCUT2D eigenvalue weighted by Crippen LogP contribution is 2.24. The zero-order chi connectivity index (χ0) is 25.5. The summed E-state index contributed by atoms with van der Waals surface area (Å²) >= 11 is 0. The number of benzene rings is 2. The maximum atomic E-state index is 13.9. The summed E-state index contributed by atoms with van der Waals surface area (Å²) in [5, 5.41) is 11.8. The van der Waals surface area contributed by atoms with Crippen LogP contribution in [0.2, 0.25) is 0 Å². The van der Waals surface area contributed by atoms with E-state index in [1.807, 2.05) is 61.7 Å². The molecule has 0 saturated heterocycles. The summed E-state index contributed by atoms with van der Waals surface area (Å²) < 4.78 is 26.4. The standard InChI is InChI=1S/C27H26FN3O4/c1-5-34-23-9-7-22(8-10-23)31-18(3)13-20(19(31)4)14-21(15-29)27(33)35-16-26(32)30-25-11-6-17(2)12-24(25)28/h6-14H,5,16H2,1-4H3,(H,30,32)/b21-14+. The van der Waals surface area contributed by atoms with Gasteiger partial charge in [0.15, 0.2) is 6.61 Å². The molecule has 0 spiro atoms. The van der Waals surface area contributed by atoms with Crippen molar-refractivity contribution in [1.29, 1.82) is 5.26 Å². The zero-order valence-electron chi connectivity index (χ0n) is 20.0. The number of hydrogen-bond acceptors (Lipinski definition) is 5. The second-order valence-electron chi connectivity index (χ2n) is 7.87. The quantitative estimate of drug-likeness (QED) is 0.280. The Morgan fingerprint density at radius 2 is 1.83 bits per heavy atom. The largest absolute Gasteiger partial charge is 0.494 e. The molecule has 8 heteroatoms. The number of anilines is 1. The summed E-state index contributed by atoms with van der Waals surface area (Å²) in [6.07, 6.45) is 1.42. The van der Waals surface area contributed by atoms with Crippen LogP contribution >= 0.6 is 0 Å². The number of carbonyl (C=O) groups excluding carboxylic acids is 2. The maximum absolute atomic E-state index is 13.9. The van der Waals surface area contributed by atoms with Gasteiger partial charge in [-0.25, -0.2) is 9.18 Å². The average molecular weight is 476 g/mol. The fraction of sp³-hybridized carbons (Fsp3) is 0.222. The average Bonchev–Trinajstić information content (AvgIpc) is 3.11. The first-order valence-corrected chi connectivity index (χ1v) is 11.0. The number of ether oxygens (including phenoxy) is 2. The van der Waals surface area contributed by atoms with E-state index in [-0.39, 0.29) is 11.3 Å². The first-order valence-electron chi connectivity index (χ1n) is 11.0. The van der Waals surface area contributed by atoms with Crippen LogP contribution in [0.1, 0.15) is 29.4 Å². The first kappa shape index (κ1) is 25.2. The third-order valence-corrected chi connectivity index (χ3v) is 5.25. The Balaban J connectivity index is 1.72. The highest BCUT2D eigenvalue weighted by molar-refractivity contribution is 6.00. The van der Waals surface area contributed by atoms with Gasteiger partial charge in [0.2, 0.25) is 0 Å². The number of carbonyl (C=O) groups is 2. The van der Waals surface area contributed by atoms with Gasteiger partial charge in [-0.15, -0.1) is 0 Å². The van der Waals surface area contributed by atoms with Gasteiger partial charge in [-0.2, -0.15) is 5.26 Å². The van der Waals surface area contributed by atoms with Gasteiger partial charge in [0, 0.05) is 17.1 Å². The fourth-order valence-corrected chi connectivity index (χ4v) is 3.60. The lowest BCUT2D eigenvalue weighted by Crippen LogP contribution is -2.22. The predicted octanol–water partition coefficient (Wildman–Crippen LogP) is 5.03. The minimum atomic E-state index is -0.946. The minimum absolute atomic E-state index is 0.0190. The Labute approximate surface area is 203 Å². The van der Waals surface area contributed by atoms with E-state index < -0.39 is 24.3 Å². The van der Waals surface area contributed by atoms with Gasteiger partial charge < -0.3 is 19.4 Å². The Hall–Kier alpha value is -4.38. The molecular weight excluding hydrogens is 449 g/mol. The van der Waals surface area contributed by atoms with Gasteiger partial charge in [0.05, 0.1) is 12.3 Å². The number of nitriles is 1. The molecule has 3 aromatic rings. The molecule has 3 rings (SSSR count). The molecule has 180 valence electrons. The van der Waals surface area contributed by atoms with E-state index in [1.165, 1.54) is 18.2 Å². The molecule has 1 N–H and O–H groups in total. The molecule has 1 aromatic heterocycles. The van der Waals surface area contributed by atoms with Crippen LogP contribution in [-0.4, -0.2) is 29.7 Å². The number of amides is 1. The molecule has 0 saturated carbocycles. The van der Waals surface area contributed by atoms with Crippen LogP contribution in [0.25, 0.3) is 11.8 Å². The normalized spacial score (nSPS) is 11.0. The summed E-state index contributed by atoms with van der Waals surface area (Å²) in [7, 11) is 0. The van der Waals surface area contributed by atoms with E-state index >= 15 is 0 Å². The number of esters is 1. The van der Waals surface area contributed by atoms with Crippen molar-refractivity contribution in [2.24, 2.45) is 0 Å². The maximum Gasteiger partial charge on any atom is 0.349 e. The van der Waals surface area contributed by atoms with Gasteiger partial charge in [0.25, 0.3) is 5.91 Å². The molecule has 0 aliphatic heterocycles. The molecule has 0 aliphatic carbocycles. The minimum Gasteiger partial charge on any atom is -0.494 e. The van der Waals surface area contributed by atoms with Crippen molar-refractivity contribution in [3.8, 4) is 17.5 Å². The third kappa shape index (κ3) is 6.15. The van der Waals surface area contributed by atoms with Crippen molar-refractivity contribution in [1.82, 2.24) is 4.57 Å². The molecule has 1 amide bonds. The van der Waals surface area contributed by atoms with Crippen LogP contribution in [0.5, 0.6) is 5.75 Å². The number of nitrogens with one attached hydrogen (secondary N) is 1. The van der Waals surface area contributed by atoms with Crippen molar-refractivity contribution >= 4 is 23.6 Å². The lowest BCUT2D eigenvalue weighted by atomic mass is 10.1. The molecule has 0 unspecified atom stereocenters. The molecule has 35 heavy (non-hydrogen) atoms. The molecule has 0 radical (unpaired) electrons. The Kier molecular flexibility index (Phi) is 8.05. The number of aryl methyl sites for hydroxylation is 2. The summed E-state index contributed by atoms with van der Waals surface area (Å²) in [6, 6.07) is 15.6. The molecule has 0 bridgehead atoms. The SMILES string of the molecule is CCOc1ccc(-n2c(C)cc(/C=C(\C#N)C(=O)OCC(=O)Nc3ccc(C)cc3F)c2C)cc1. The number of rotatable bonds is 8. The Morgan fingerprint density at radius 1 is 1.11 bits per heavy atom. The van der Waals surface area contributed by atoms with Crippen LogP contribution in [-0.2, 0) is 14.3 Å². The van der Waals surface area contributed by atoms with Crippen molar-refractivity contribution in [2.45, 2.75) is 27.7 Å². The monoisotopic (exact) mass is 475 g/mol. The number of nitrogens with zero attached hydrogens (tertiary/aromatic N) is 2. The zero-order valence-corrected chi connectivity index (χ0v) is 20.0. The van der Waals surface area contributed by atoms with Crippen molar-refractivity contribution in [2.75, 3.05) is 18.5 Å². The molecule has 0 fully saturated rings. The number of halogens is 1.